The summed E-state index contributed by atoms with van der Waals surface area (Å²) in [5, 5.41) is 3.44. The molecule has 92 valence electrons. The maximum Gasteiger partial charge on any atom is 0.0743 e. The van der Waals surface area contributed by atoms with Crippen molar-refractivity contribution < 1.29 is 4.74 Å². The first-order valence-electron chi connectivity index (χ1n) is 5.41. The molecule has 1 rings (SSSR count). The second-order valence-electron chi connectivity index (χ2n) is 4.93. The minimum atomic E-state index is 0.178. The molecule has 2 nitrogen and oxygen atoms in total. The molecule has 0 aliphatic heterocycles. The quantitative estimate of drug-likeness (QED) is 0.896. The van der Waals surface area contributed by atoms with E-state index in [9.17, 15) is 0 Å². The van der Waals surface area contributed by atoms with Gasteiger partial charge in [-0.1, -0.05) is 20.8 Å². The first kappa shape index (κ1) is 14.2. The van der Waals surface area contributed by atoms with Gasteiger partial charge in [-0.3, -0.25) is 0 Å². The number of hydrogen-bond acceptors (Lipinski definition) is 3. The van der Waals surface area contributed by atoms with Crippen molar-refractivity contribution in [2.24, 2.45) is 5.41 Å². The van der Waals surface area contributed by atoms with Crippen LogP contribution in [-0.2, 0) is 11.3 Å². The summed E-state index contributed by atoms with van der Waals surface area (Å²) in [4.78, 5) is 1.34. The predicted octanol–water partition coefficient (Wildman–Crippen LogP) is 3.66. The van der Waals surface area contributed by atoms with Crippen LogP contribution >= 0.6 is 27.3 Å². The first-order valence-corrected chi connectivity index (χ1v) is 7.02. The molecule has 0 radical (unpaired) electrons. The van der Waals surface area contributed by atoms with Gasteiger partial charge in [-0.2, -0.15) is 0 Å². The zero-order chi connectivity index (χ0) is 12.2. The van der Waals surface area contributed by atoms with Gasteiger partial charge >= 0.3 is 0 Å². The number of nitrogens with one attached hydrogen (secondary N) is 1. The van der Waals surface area contributed by atoms with E-state index in [4.69, 9.17) is 4.74 Å². The summed E-state index contributed by atoms with van der Waals surface area (Å²) < 4.78 is 6.67. The van der Waals surface area contributed by atoms with E-state index in [2.05, 4.69) is 54.2 Å². The maximum absolute atomic E-state index is 5.49. The minimum absolute atomic E-state index is 0.178. The zero-order valence-corrected chi connectivity index (χ0v) is 12.7. The van der Waals surface area contributed by atoms with E-state index < -0.39 is 0 Å². The Kier molecular flexibility index (Phi) is 5.44. The molecule has 1 atom stereocenters. The minimum Gasteiger partial charge on any atom is -0.380 e. The van der Waals surface area contributed by atoms with Gasteiger partial charge < -0.3 is 10.1 Å². The fourth-order valence-electron chi connectivity index (χ4n) is 1.52. The highest BCUT2D eigenvalue weighted by atomic mass is 79.9. The molecule has 0 bridgehead atoms. The molecule has 0 spiro atoms. The van der Waals surface area contributed by atoms with Crippen LogP contribution in [0.1, 0.15) is 25.6 Å². The lowest BCUT2D eigenvalue weighted by atomic mass is 9.89. The summed E-state index contributed by atoms with van der Waals surface area (Å²) in [5.74, 6) is 0. The van der Waals surface area contributed by atoms with Crippen molar-refractivity contribution in [3.8, 4) is 0 Å². The Bertz CT molecular complexity index is 319. The van der Waals surface area contributed by atoms with Crippen LogP contribution in [0.3, 0.4) is 0 Å². The molecular formula is C12H20BrNOS. The van der Waals surface area contributed by atoms with Gasteiger partial charge in [0, 0.05) is 25.1 Å². The van der Waals surface area contributed by atoms with Crippen molar-refractivity contribution in [2.75, 3.05) is 13.7 Å². The van der Waals surface area contributed by atoms with Crippen molar-refractivity contribution in [1.29, 1.82) is 0 Å². The van der Waals surface area contributed by atoms with E-state index in [-0.39, 0.29) is 11.5 Å². The number of ether oxygens (including phenoxy) is 1. The van der Waals surface area contributed by atoms with Gasteiger partial charge in [0.05, 0.1) is 9.89 Å². The summed E-state index contributed by atoms with van der Waals surface area (Å²) in [6, 6.07) is 4.22. The molecule has 1 N–H and O–H groups in total. The van der Waals surface area contributed by atoms with Gasteiger partial charge in [0.15, 0.2) is 0 Å². The SMILES string of the molecule is COC(CNCc1ccc(Br)s1)C(C)(C)C. The molecular weight excluding hydrogens is 286 g/mol. The number of hydrogen-bond donors (Lipinski definition) is 1. The Balaban J connectivity index is 2.34. The number of methoxy groups -OCH3 is 1. The standard InChI is InChI=1S/C12H20BrNOS/c1-12(2,3)10(15-4)8-14-7-9-5-6-11(13)16-9/h5-6,10,14H,7-8H2,1-4H3. The van der Waals surface area contributed by atoms with Crippen molar-refractivity contribution in [2.45, 2.75) is 33.4 Å². The second-order valence-corrected chi connectivity index (χ2v) is 7.47. The van der Waals surface area contributed by atoms with Crippen LogP contribution in [0, 0.1) is 5.41 Å². The van der Waals surface area contributed by atoms with E-state index in [0.717, 1.165) is 13.1 Å². The largest absolute Gasteiger partial charge is 0.380 e. The molecule has 1 heterocycles. The third-order valence-corrected chi connectivity index (χ3v) is 4.13. The van der Waals surface area contributed by atoms with E-state index in [1.165, 1.54) is 8.66 Å². The van der Waals surface area contributed by atoms with Crippen LogP contribution in [0.2, 0.25) is 0 Å². The van der Waals surface area contributed by atoms with Gasteiger partial charge in [0.25, 0.3) is 0 Å². The van der Waals surface area contributed by atoms with Gasteiger partial charge in [-0.25, -0.2) is 0 Å². The van der Waals surface area contributed by atoms with Crippen molar-refractivity contribution in [1.82, 2.24) is 5.32 Å². The van der Waals surface area contributed by atoms with Crippen molar-refractivity contribution in [3.63, 3.8) is 0 Å². The maximum atomic E-state index is 5.49. The van der Waals surface area contributed by atoms with Crippen LogP contribution < -0.4 is 5.32 Å². The molecule has 0 amide bonds. The molecule has 1 aromatic rings. The normalized spacial score (nSPS) is 14.1. The van der Waals surface area contributed by atoms with E-state index in [1.54, 1.807) is 18.4 Å². The fraction of sp³-hybridized carbons (Fsp3) is 0.667. The molecule has 0 saturated heterocycles. The van der Waals surface area contributed by atoms with Crippen LogP contribution in [0.25, 0.3) is 0 Å². The molecule has 0 fully saturated rings. The average Bonchev–Trinajstić information content (AvgIpc) is 2.57. The lowest BCUT2D eigenvalue weighted by Crippen LogP contribution is -2.37. The number of rotatable bonds is 5. The molecule has 0 aliphatic rings. The Morgan fingerprint density at radius 3 is 2.56 bits per heavy atom. The van der Waals surface area contributed by atoms with Crippen LogP contribution in [0.4, 0.5) is 0 Å². The molecule has 4 heteroatoms. The topological polar surface area (TPSA) is 21.3 Å². The Morgan fingerprint density at radius 2 is 2.12 bits per heavy atom. The molecule has 1 unspecified atom stereocenters. The van der Waals surface area contributed by atoms with Crippen molar-refractivity contribution >= 4 is 27.3 Å². The van der Waals surface area contributed by atoms with E-state index >= 15 is 0 Å². The summed E-state index contributed by atoms with van der Waals surface area (Å²) in [5.41, 5.74) is 0.178. The van der Waals surface area contributed by atoms with E-state index in [0.29, 0.717) is 0 Å². The van der Waals surface area contributed by atoms with Crippen LogP contribution in [0.15, 0.2) is 15.9 Å². The molecule has 16 heavy (non-hydrogen) atoms. The highest BCUT2D eigenvalue weighted by molar-refractivity contribution is 9.11. The van der Waals surface area contributed by atoms with Crippen LogP contribution in [-0.4, -0.2) is 19.8 Å². The Labute approximate surface area is 111 Å². The molecule has 0 aliphatic carbocycles. The smallest absolute Gasteiger partial charge is 0.0743 e. The van der Waals surface area contributed by atoms with Crippen LogP contribution in [0.5, 0.6) is 0 Å². The van der Waals surface area contributed by atoms with Gasteiger partial charge in [-0.15, -0.1) is 11.3 Å². The highest BCUT2D eigenvalue weighted by Crippen LogP contribution is 2.23. The number of thiophene rings is 1. The summed E-state index contributed by atoms with van der Waals surface area (Å²) >= 11 is 5.23. The fourth-order valence-corrected chi connectivity index (χ4v) is 2.97. The van der Waals surface area contributed by atoms with Crippen molar-refractivity contribution in [3.05, 3.63) is 20.8 Å². The summed E-state index contributed by atoms with van der Waals surface area (Å²) in [7, 11) is 1.78. The molecule has 0 aromatic carbocycles. The lowest BCUT2D eigenvalue weighted by Gasteiger charge is -2.29. The predicted molar refractivity (Wildman–Crippen MR) is 74.0 cm³/mol. The number of halogens is 1. The second kappa shape index (κ2) is 6.15. The zero-order valence-electron chi connectivity index (χ0n) is 10.3. The molecule has 1 aromatic heterocycles. The van der Waals surface area contributed by atoms with E-state index in [1.807, 2.05) is 0 Å². The highest BCUT2D eigenvalue weighted by Gasteiger charge is 2.23. The third-order valence-electron chi connectivity index (χ3n) is 2.51. The summed E-state index contributed by atoms with van der Waals surface area (Å²) in [6.45, 7) is 8.39. The first-order chi connectivity index (χ1) is 7.43. The van der Waals surface area contributed by atoms with Gasteiger partial charge in [-0.05, 0) is 33.5 Å². The monoisotopic (exact) mass is 305 g/mol. The summed E-state index contributed by atoms with van der Waals surface area (Å²) in [6.07, 6.45) is 0.246. The van der Waals surface area contributed by atoms with Gasteiger partial charge in [0.2, 0.25) is 0 Å². The lowest BCUT2D eigenvalue weighted by molar-refractivity contribution is 0.0174. The molecule has 0 saturated carbocycles. The van der Waals surface area contributed by atoms with Gasteiger partial charge in [0.1, 0.15) is 0 Å². The Hall–Kier alpha value is 0.1000. The third kappa shape index (κ3) is 4.53. The average molecular weight is 306 g/mol. The Morgan fingerprint density at radius 1 is 1.44 bits per heavy atom.